The van der Waals surface area contributed by atoms with Crippen LogP contribution < -0.4 is 9.62 Å². The average Bonchev–Trinajstić information content (AvgIpc) is 2.75. The van der Waals surface area contributed by atoms with Gasteiger partial charge in [-0.1, -0.05) is 19.3 Å². The molecular weight excluding hydrogens is 426 g/mol. The Morgan fingerprint density at radius 2 is 1.90 bits per heavy atom. The van der Waals surface area contributed by atoms with Crippen LogP contribution in [0.15, 0.2) is 18.2 Å². The molecule has 172 valence electrons. The van der Waals surface area contributed by atoms with Crippen LogP contribution in [0.1, 0.15) is 32.1 Å². The molecule has 2 N–H and O–H groups in total. The van der Waals surface area contributed by atoms with Crippen LogP contribution in [-0.4, -0.2) is 80.0 Å². The van der Waals surface area contributed by atoms with E-state index < -0.39 is 22.3 Å². The van der Waals surface area contributed by atoms with Crippen molar-refractivity contribution in [3.8, 4) is 0 Å². The van der Waals surface area contributed by atoms with Crippen LogP contribution in [0.3, 0.4) is 0 Å². The number of carboxylic acid groups (broad SMARTS) is 1. The molecule has 1 aliphatic carbocycles. The highest BCUT2D eigenvalue weighted by Gasteiger charge is 2.23. The monoisotopic (exact) mass is 454 g/mol. The van der Waals surface area contributed by atoms with Crippen molar-refractivity contribution in [2.24, 2.45) is 0 Å². The van der Waals surface area contributed by atoms with E-state index in [1.54, 1.807) is 12.1 Å². The molecule has 1 saturated carbocycles. The van der Waals surface area contributed by atoms with Crippen molar-refractivity contribution in [2.45, 2.75) is 38.1 Å². The number of rotatable bonds is 8. The smallest absolute Gasteiger partial charge is 0.407 e. The highest BCUT2D eigenvalue weighted by Crippen LogP contribution is 2.32. The van der Waals surface area contributed by atoms with E-state index >= 15 is 0 Å². The number of hydrogen-bond donors (Lipinski definition) is 2. The SMILES string of the molecule is O=C(O)N1CCN(CCN(c2ccc(NC3CCCCC3)c([N+](=O)[O-])c2)S(=O)[O-])CC1. The zero-order chi connectivity index (χ0) is 22.4. The molecule has 1 saturated heterocycles. The minimum absolute atomic E-state index is 0.121. The lowest BCUT2D eigenvalue weighted by molar-refractivity contribution is -0.383. The molecule has 0 spiro atoms. The molecule has 3 rings (SSSR count). The predicted molar refractivity (Wildman–Crippen MR) is 116 cm³/mol. The first-order valence-electron chi connectivity index (χ1n) is 10.5. The van der Waals surface area contributed by atoms with Gasteiger partial charge in [0.25, 0.3) is 5.69 Å². The molecule has 11 nitrogen and oxygen atoms in total. The Morgan fingerprint density at radius 1 is 1.23 bits per heavy atom. The summed E-state index contributed by atoms with van der Waals surface area (Å²) in [5.41, 5.74) is 0.495. The Balaban J connectivity index is 1.67. The Kier molecular flexibility index (Phi) is 8.04. The van der Waals surface area contributed by atoms with E-state index in [1.165, 1.54) is 17.4 Å². The van der Waals surface area contributed by atoms with E-state index in [-0.39, 0.29) is 24.0 Å². The van der Waals surface area contributed by atoms with Crippen LogP contribution in [0.5, 0.6) is 0 Å². The maximum absolute atomic E-state index is 11.8. The summed E-state index contributed by atoms with van der Waals surface area (Å²) in [6.07, 6.45) is 4.32. The van der Waals surface area contributed by atoms with E-state index in [1.807, 2.05) is 4.90 Å². The third-order valence-corrected chi connectivity index (χ3v) is 6.63. The van der Waals surface area contributed by atoms with E-state index in [2.05, 4.69) is 5.32 Å². The summed E-state index contributed by atoms with van der Waals surface area (Å²) < 4.78 is 24.8. The molecule has 2 aliphatic rings. The molecule has 1 atom stereocenters. The number of benzene rings is 1. The number of piperazine rings is 1. The van der Waals surface area contributed by atoms with Gasteiger partial charge in [-0.3, -0.25) is 19.2 Å². The summed E-state index contributed by atoms with van der Waals surface area (Å²) in [5.74, 6) is 0. The van der Waals surface area contributed by atoms with Gasteiger partial charge in [0, 0.05) is 62.6 Å². The summed E-state index contributed by atoms with van der Waals surface area (Å²) in [7, 11) is 0. The van der Waals surface area contributed by atoms with Gasteiger partial charge in [0.1, 0.15) is 5.69 Å². The molecule has 1 aromatic carbocycles. The normalized spacial score (nSPS) is 19.1. The number of carbonyl (C=O) groups is 1. The molecule has 1 heterocycles. The summed E-state index contributed by atoms with van der Waals surface area (Å²) in [5, 5.41) is 23.9. The molecule has 31 heavy (non-hydrogen) atoms. The predicted octanol–water partition coefficient (Wildman–Crippen LogP) is 2.24. The Hall–Kier alpha value is -2.44. The second kappa shape index (κ2) is 10.7. The van der Waals surface area contributed by atoms with E-state index in [0.29, 0.717) is 38.4 Å². The molecule has 0 radical (unpaired) electrons. The van der Waals surface area contributed by atoms with Crippen molar-refractivity contribution in [3.05, 3.63) is 28.3 Å². The van der Waals surface area contributed by atoms with Crippen LogP contribution in [0.25, 0.3) is 0 Å². The first kappa shape index (κ1) is 23.2. The average molecular weight is 455 g/mol. The van der Waals surface area contributed by atoms with Crippen LogP contribution in [-0.2, 0) is 11.3 Å². The van der Waals surface area contributed by atoms with Crippen molar-refractivity contribution in [3.63, 3.8) is 0 Å². The summed E-state index contributed by atoms with van der Waals surface area (Å²) in [6, 6.07) is 4.64. The molecule has 1 aromatic rings. The molecule has 12 heteroatoms. The van der Waals surface area contributed by atoms with Crippen molar-refractivity contribution >= 4 is 34.4 Å². The number of hydrogen-bond acceptors (Lipinski definition) is 7. The second-order valence-electron chi connectivity index (χ2n) is 7.87. The maximum atomic E-state index is 11.8. The minimum Gasteiger partial charge on any atom is -0.755 e. The van der Waals surface area contributed by atoms with Gasteiger partial charge in [-0.2, -0.15) is 0 Å². The van der Waals surface area contributed by atoms with E-state index in [4.69, 9.17) is 5.11 Å². The summed E-state index contributed by atoms with van der Waals surface area (Å²) in [6.45, 7) is 2.27. The number of nitrogens with one attached hydrogen (secondary N) is 1. The Labute approximate surface area is 183 Å². The Bertz CT molecular complexity index is 811. The number of nitrogens with zero attached hydrogens (tertiary/aromatic N) is 4. The fourth-order valence-corrected chi connectivity index (χ4v) is 4.62. The standard InChI is InChI=1S/C19H29N5O6S/c25-19(26)22-11-8-21(9-12-22)10-13-23(31(29)30)16-6-7-17(18(14-16)24(27)28)20-15-4-2-1-3-5-15/h6-7,14-15,20H,1-5,8-13H2,(H,25,26)(H,29,30)/p-1. The molecule has 0 bridgehead atoms. The van der Waals surface area contributed by atoms with Crippen LogP contribution in [0.2, 0.25) is 0 Å². The molecule has 0 aromatic heterocycles. The quantitative estimate of drug-likeness (QED) is 0.346. The van der Waals surface area contributed by atoms with Gasteiger partial charge in [-0.25, -0.2) is 4.79 Å². The summed E-state index contributed by atoms with van der Waals surface area (Å²) in [4.78, 5) is 25.4. The topological polar surface area (TPSA) is 142 Å². The van der Waals surface area contributed by atoms with Gasteiger partial charge in [0.15, 0.2) is 0 Å². The van der Waals surface area contributed by atoms with E-state index in [0.717, 1.165) is 30.0 Å². The van der Waals surface area contributed by atoms with Gasteiger partial charge >= 0.3 is 6.09 Å². The highest BCUT2D eigenvalue weighted by molar-refractivity contribution is 7.80. The van der Waals surface area contributed by atoms with Gasteiger partial charge < -0.3 is 24.2 Å². The number of nitro groups is 1. The molecule has 1 unspecified atom stereocenters. The van der Waals surface area contributed by atoms with Crippen LogP contribution >= 0.6 is 0 Å². The zero-order valence-electron chi connectivity index (χ0n) is 17.3. The van der Waals surface area contributed by atoms with Crippen molar-refractivity contribution in [1.82, 2.24) is 9.80 Å². The lowest BCUT2D eigenvalue weighted by atomic mass is 9.95. The zero-order valence-corrected chi connectivity index (χ0v) is 18.1. The second-order valence-corrected chi connectivity index (χ2v) is 8.74. The van der Waals surface area contributed by atoms with Crippen molar-refractivity contribution in [2.75, 3.05) is 48.9 Å². The molecular formula is C19H28N5O6S-. The lowest BCUT2D eigenvalue weighted by Gasteiger charge is -2.35. The number of amides is 1. The highest BCUT2D eigenvalue weighted by atomic mass is 32.2. The summed E-state index contributed by atoms with van der Waals surface area (Å²) >= 11 is -2.60. The first-order valence-corrected chi connectivity index (χ1v) is 11.5. The van der Waals surface area contributed by atoms with Gasteiger partial charge in [0.05, 0.1) is 10.6 Å². The number of nitro benzene ring substituents is 1. The maximum Gasteiger partial charge on any atom is 0.407 e. The first-order chi connectivity index (χ1) is 14.8. The third kappa shape index (κ3) is 6.28. The van der Waals surface area contributed by atoms with Crippen LogP contribution in [0.4, 0.5) is 21.9 Å². The van der Waals surface area contributed by atoms with E-state index in [9.17, 15) is 23.7 Å². The molecule has 1 amide bonds. The number of anilines is 2. The molecule has 1 aliphatic heterocycles. The van der Waals surface area contributed by atoms with Gasteiger partial charge in [-0.15, -0.1) is 0 Å². The third-order valence-electron chi connectivity index (χ3n) is 5.87. The molecule has 2 fully saturated rings. The van der Waals surface area contributed by atoms with Gasteiger partial charge in [-0.05, 0) is 25.0 Å². The largest absolute Gasteiger partial charge is 0.755 e. The van der Waals surface area contributed by atoms with Gasteiger partial charge in [0.2, 0.25) is 0 Å². The fourth-order valence-electron chi connectivity index (χ4n) is 4.10. The van der Waals surface area contributed by atoms with Crippen molar-refractivity contribution in [1.29, 1.82) is 0 Å². The van der Waals surface area contributed by atoms with Crippen molar-refractivity contribution < 1.29 is 23.6 Å². The lowest BCUT2D eigenvalue weighted by Crippen LogP contribution is -2.50. The minimum atomic E-state index is -2.60. The Morgan fingerprint density at radius 3 is 2.48 bits per heavy atom. The fraction of sp³-hybridized carbons (Fsp3) is 0.632. The van der Waals surface area contributed by atoms with Crippen LogP contribution in [0, 0.1) is 10.1 Å².